The van der Waals surface area contributed by atoms with Gasteiger partial charge >= 0.3 is 6.09 Å². The fraction of sp³-hybridized carbons (Fsp3) is 0.316. The molecule has 2 aromatic carbocycles. The van der Waals surface area contributed by atoms with Gasteiger partial charge in [-0.2, -0.15) is 16.8 Å². The second kappa shape index (κ2) is 7.56. The minimum atomic E-state index is -4.73. The summed E-state index contributed by atoms with van der Waals surface area (Å²) in [4.78, 5) is 12.0. The van der Waals surface area contributed by atoms with Crippen LogP contribution in [0.15, 0.2) is 58.3 Å². The van der Waals surface area contributed by atoms with E-state index in [-0.39, 0.29) is 13.5 Å². The quantitative estimate of drug-likeness (QED) is 0.742. The van der Waals surface area contributed by atoms with Crippen molar-refractivity contribution in [3.8, 4) is 0 Å². The monoisotopic (exact) mass is 425 g/mol. The third-order valence-corrected chi connectivity index (χ3v) is 7.70. The molecule has 7 nitrogen and oxygen atoms in total. The number of ether oxygens (including phenoxy) is 1. The molecule has 0 atom stereocenters. The van der Waals surface area contributed by atoms with Crippen molar-refractivity contribution in [2.24, 2.45) is 0 Å². The van der Waals surface area contributed by atoms with Gasteiger partial charge < -0.3 is 4.74 Å². The maximum atomic E-state index is 13.1. The number of rotatable bonds is 4. The Labute approximate surface area is 166 Å². The van der Waals surface area contributed by atoms with E-state index in [2.05, 4.69) is 0 Å². The zero-order valence-corrected chi connectivity index (χ0v) is 18.0. The van der Waals surface area contributed by atoms with Crippen molar-refractivity contribution in [2.45, 2.75) is 50.0 Å². The molecule has 0 aliphatic carbocycles. The van der Waals surface area contributed by atoms with E-state index in [4.69, 9.17) is 4.74 Å². The molecule has 0 aliphatic heterocycles. The van der Waals surface area contributed by atoms with Gasteiger partial charge in [0.15, 0.2) is 0 Å². The number of nitrogens with zero attached hydrogens (tertiary/aromatic N) is 1. The lowest BCUT2D eigenvalue weighted by molar-refractivity contribution is 0.0478. The predicted octanol–water partition coefficient (Wildman–Crippen LogP) is 3.62. The van der Waals surface area contributed by atoms with Crippen molar-refractivity contribution in [1.82, 2.24) is 3.71 Å². The highest BCUT2D eigenvalue weighted by Gasteiger charge is 2.43. The molecular weight excluding hydrogens is 402 g/mol. The van der Waals surface area contributed by atoms with Crippen LogP contribution in [0.25, 0.3) is 0 Å². The van der Waals surface area contributed by atoms with Gasteiger partial charge in [0, 0.05) is 0 Å². The summed E-state index contributed by atoms with van der Waals surface area (Å²) in [7, 11) is -9.47. The van der Waals surface area contributed by atoms with Gasteiger partial charge in [-0.3, -0.25) is 0 Å². The number of amides is 1. The number of sulfonamides is 2. The van der Waals surface area contributed by atoms with Gasteiger partial charge in [0.05, 0.1) is 9.79 Å². The van der Waals surface area contributed by atoms with E-state index in [0.717, 1.165) is 11.1 Å². The Morgan fingerprint density at radius 2 is 1.07 bits per heavy atom. The van der Waals surface area contributed by atoms with Crippen LogP contribution in [0.4, 0.5) is 4.79 Å². The fourth-order valence-electron chi connectivity index (χ4n) is 2.24. The van der Waals surface area contributed by atoms with Crippen molar-refractivity contribution < 1.29 is 26.4 Å². The molecule has 152 valence electrons. The minimum absolute atomic E-state index is 0.180. The van der Waals surface area contributed by atoms with Crippen LogP contribution in [-0.4, -0.2) is 32.2 Å². The Bertz CT molecular complexity index is 989. The van der Waals surface area contributed by atoms with Gasteiger partial charge in [-0.1, -0.05) is 39.1 Å². The number of carbonyl (C=O) groups is 1. The molecule has 0 aromatic heterocycles. The molecule has 0 radical (unpaired) electrons. The molecule has 0 bridgehead atoms. The van der Waals surface area contributed by atoms with E-state index in [1.54, 1.807) is 13.8 Å². The zero-order chi connectivity index (χ0) is 21.3. The van der Waals surface area contributed by atoms with Crippen molar-refractivity contribution >= 4 is 26.1 Å². The summed E-state index contributed by atoms with van der Waals surface area (Å²) in [6.07, 6.45) is -1.49. The van der Waals surface area contributed by atoms with Crippen molar-refractivity contribution in [3.05, 3.63) is 59.7 Å². The maximum Gasteiger partial charge on any atom is 0.439 e. The van der Waals surface area contributed by atoms with Gasteiger partial charge in [0.2, 0.25) is 0 Å². The third-order valence-electron chi connectivity index (χ3n) is 3.62. The van der Waals surface area contributed by atoms with E-state index >= 15 is 0 Å². The van der Waals surface area contributed by atoms with Gasteiger partial charge in [0.25, 0.3) is 20.0 Å². The first-order valence-corrected chi connectivity index (χ1v) is 11.3. The first-order chi connectivity index (χ1) is 12.7. The Kier molecular flexibility index (Phi) is 5.91. The normalized spacial score (nSPS) is 12.5. The summed E-state index contributed by atoms with van der Waals surface area (Å²) in [6, 6.07) is 11.0. The van der Waals surface area contributed by atoms with E-state index in [1.165, 1.54) is 69.3 Å². The molecular formula is C19H23NO6S2. The summed E-state index contributed by atoms with van der Waals surface area (Å²) >= 11 is 0. The fourth-order valence-corrected chi connectivity index (χ4v) is 5.60. The highest BCUT2D eigenvalue weighted by Crippen LogP contribution is 2.27. The summed E-state index contributed by atoms with van der Waals surface area (Å²) in [5.74, 6) is 0. The topological polar surface area (TPSA) is 97.8 Å². The molecule has 0 heterocycles. The minimum Gasteiger partial charge on any atom is -0.442 e. The summed E-state index contributed by atoms with van der Waals surface area (Å²) < 4.78 is 57.3. The van der Waals surface area contributed by atoms with Crippen molar-refractivity contribution in [3.63, 3.8) is 0 Å². The lowest BCUT2D eigenvalue weighted by atomic mass is 10.2. The SMILES string of the molecule is Cc1ccc(S(=O)(=O)N(C(=O)OC(C)(C)C)S(=O)(=O)c2ccc(C)cc2)cc1. The van der Waals surface area contributed by atoms with Crippen molar-refractivity contribution in [1.29, 1.82) is 0 Å². The molecule has 2 rings (SSSR count). The Hall–Kier alpha value is -2.39. The Balaban J connectivity index is 2.67. The molecule has 0 fully saturated rings. The largest absolute Gasteiger partial charge is 0.442 e. The smallest absolute Gasteiger partial charge is 0.439 e. The molecule has 0 saturated carbocycles. The van der Waals surface area contributed by atoms with Gasteiger partial charge in [-0.25, -0.2) is 4.79 Å². The van der Waals surface area contributed by atoms with E-state index in [0.29, 0.717) is 0 Å². The molecule has 0 spiro atoms. The maximum absolute atomic E-state index is 13.1. The number of hydrogen-bond acceptors (Lipinski definition) is 6. The Morgan fingerprint density at radius 3 is 1.36 bits per heavy atom. The summed E-state index contributed by atoms with van der Waals surface area (Å²) in [5.41, 5.74) is 0.467. The second-order valence-electron chi connectivity index (χ2n) is 7.31. The molecule has 1 amide bonds. The van der Waals surface area contributed by atoms with Crippen LogP contribution in [-0.2, 0) is 24.8 Å². The third kappa shape index (κ3) is 4.71. The predicted molar refractivity (Wildman–Crippen MR) is 105 cm³/mol. The van der Waals surface area contributed by atoms with E-state index in [9.17, 15) is 21.6 Å². The Morgan fingerprint density at radius 1 is 0.750 bits per heavy atom. The van der Waals surface area contributed by atoms with Gasteiger partial charge in [0.1, 0.15) is 5.60 Å². The van der Waals surface area contributed by atoms with Crippen LogP contribution in [0.3, 0.4) is 0 Å². The van der Waals surface area contributed by atoms with E-state index in [1.807, 2.05) is 0 Å². The summed E-state index contributed by atoms with van der Waals surface area (Å²) in [5, 5.41) is 0. The number of hydrogen-bond donors (Lipinski definition) is 0. The molecule has 0 saturated heterocycles. The first-order valence-electron chi connectivity index (χ1n) is 8.42. The number of benzene rings is 2. The average Bonchev–Trinajstić information content (AvgIpc) is 2.53. The van der Waals surface area contributed by atoms with Crippen LogP contribution >= 0.6 is 0 Å². The molecule has 2 aromatic rings. The van der Waals surface area contributed by atoms with Crippen LogP contribution in [0, 0.1) is 13.8 Å². The second-order valence-corrected chi connectivity index (χ2v) is 11.1. The zero-order valence-electron chi connectivity index (χ0n) is 16.3. The van der Waals surface area contributed by atoms with E-state index < -0.39 is 31.7 Å². The highest BCUT2D eigenvalue weighted by molar-refractivity contribution is 8.04. The number of aryl methyl sites for hydroxylation is 2. The number of carbonyl (C=O) groups excluding carboxylic acids is 1. The lowest BCUT2D eigenvalue weighted by Gasteiger charge is -2.26. The van der Waals surface area contributed by atoms with Gasteiger partial charge in [-0.15, -0.1) is 0 Å². The van der Waals surface area contributed by atoms with Crippen LogP contribution in [0.1, 0.15) is 31.9 Å². The molecule has 28 heavy (non-hydrogen) atoms. The lowest BCUT2D eigenvalue weighted by Crippen LogP contribution is -2.44. The molecule has 0 unspecified atom stereocenters. The van der Waals surface area contributed by atoms with Gasteiger partial charge in [-0.05, 0) is 58.9 Å². The standard InChI is InChI=1S/C19H23NO6S2/c1-14-6-10-16(11-7-14)27(22,23)20(18(21)26-19(3,4)5)28(24,25)17-12-8-15(2)9-13-17/h6-13H,1-5H3. The van der Waals surface area contributed by atoms with Crippen LogP contribution in [0.2, 0.25) is 0 Å². The summed E-state index contributed by atoms with van der Waals surface area (Å²) in [6.45, 7) is 8.05. The molecule has 9 heteroatoms. The van der Waals surface area contributed by atoms with Crippen LogP contribution < -0.4 is 0 Å². The van der Waals surface area contributed by atoms with Crippen LogP contribution in [0.5, 0.6) is 0 Å². The van der Waals surface area contributed by atoms with Crippen molar-refractivity contribution in [2.75, 3.05) is 0 Å². The molecule has 0 N–H and O–H groups in total. The highest BCUT2D eigenvalue weighted by atomic mass is 32.3. The average molecular weight is 426 g/mol. The molecule has 0 aliphatic rings. The first kappa shape index (κ1) is 21.9.